The van der Waals surface area contributed by atoms with Crippen molar-refractivity contribution in [2.75, 3.05) is 30.4 Å². The summed E-state index contributed by atoms with van der Waals surface area (Å²) in [6.07, 6.45) is 1.61. The number of aromatic hydroxyl groups is 1. The molecule has 0 aliphatic carbocycles. The number of sulfonamides is 1. The van der Waals surface area contributed by atoms with Crippen molar-refractivity contribution in [1.82, 2.24) is 14.3 Å². The largest absolute Gasteiger partial charge is 0.504 e. The summed E-state index contributed by atoms with van der Waals surface area (Å²) in [6.45, 7) is 10.5. The molecule has 1 aliphatic rings. The highest BCUT2D eigenvalue weighted by molar-refractivity contribution is 7.91. The Kier molecular flexibility index (Phi) is 6.84. The molecule has 35 heavy (non-hydrogen) atoms. The summed E-state index contributed by atoms with van der Waals surface area (Å²) in [5, 5.41) is 18.8. The zero-order valence-corrected chi connectivity index (χ0v) is 21.9. The second kappa shape index (κ2) is 9.55. The molecular formula is C22H29N7O4S2. The average Bonchev–Trinajstić information content (AvgIpc) is 3.54. The van der Waals surface area contributed by atoms with Gasteiger partial charge in [0.1, 0.15) is 12.4 Å². The number of nitrogens with one attached hydrogen (secondary N) is 2. The van der Waals surface area contributed by atoms with Crippen LogP contribution >= 0.6 is 11.3 Å². The molecule has 0 bridgehead atoms. The van der Waals surface area contributed by atoms with Crippen LogP contribution in [0.4, 0.5) is 17.3 Å². The highest BCUT2D eigenvalue weighted by atomic mass is 32.2. The Morgan fingerprint density at radius 3 is 2.40 bits per heavy atom. The smallest absolute Gasteiger partial charge is 0.256 e. The van der Waals surface area contributed by atoms with Crippen LogP contribution in [-0.2, 0) is 10.0 Å². The van der Waals surface area contributed by atoms with E-state index in [1.807, 2.05) is 12.1 Å². The van der Waals surface area contributed by atoms with E-state index in [1.54, 1.807) is 25.5 Å². The lowest BCUT2D eigenvalue weighted by molar-refractivity contribution is 0.303. The van der Waals surface area contributed by atoms with E-state index in [2.05, 4.69) is 51.4 Å². The first kappa shape index (κ1) is 25.1. The van der Waals surface area contributed by atoms with E-state index in [4.69, 9.17) is 4.42 Å². The monoisotopic (exact) mass is 519 g/mol. The Hall–Kier alpha value is -3.03. The molecule has 4 rings (SSSR count). The van der Waals surface area contributed by atoms with Crippen LogP contribution in [0, 0.1) is 5.41 Å². The molecule has 0 amide bonds. The third-order valence-electron chi connectivity index (χ3n) is 5.54. The quantitative estimate of drug-likeness (QED) is 0.391. The lowest BCUT2D eigenvalue weighted by atomic mass is 9.85. The van der Waals surface area contributed by atoms with Crippen LogP contribution in [0.3, 0.4) is 0 Å². The molecule has 4 heterocycles. The second-order valence-corrected chi connectivity index (χ2v) is 12.0. The predicted molar refractivity (Wildman–Crippen MR) is 133 cm³/mol. The minimum Gasteiger partial charge on any atom is -0.504 e. The number of aromatic nitrogens is 2. The van der Waals surface area contributed by atoms with Gasteiger partial charge in [-0.15, -0.1) is 11.3 Å². The molecule has 0 spiro atoms. The summed E-state index contributed by atoms with van der Waals surface area (Å²) in [6, 6.07) is 3.43. The van der Waals surface area contributed by atoms with Crippen molar-refractivity contribution >= 4 is 38.7 Å². The summed E-state index contributed by atoms with van der Waals surface area (Å²) in [4.78, 5) is 17.7. The van der Waals surface area contributed by atoms with Gasteiger partial charge in [0.15, 0.2) is 32.6 Å². The molecule has 3 aromatic heterocycles. The van der Waals surface area contributed by atoms with Gasteiger partial charge in [0.2, 0.25) is 0 Å². The van der Waals surface area contributed by atoms with E-state index in [0.29, 0.717) is 29.9 Å². The van der Waals surface area contributed by atoms with Gasteiger partial charge in [-0.05, 0) is 17.5 Å². The van der Waals surface area contributed by atoms with Crippen LogP contribution in [0.5, 0.6) is 5.75 Å². The standard InChI is InChI=1S/C22H29N7O4S2/c1-6-29(7-2)35(31,32)21-15(30)13(11-34-21)25-19-20(28-18-17(27-19)23-12-24-18)26-16(22(3,4)5)14-9-8-10-33-14/h8-11,16,30H,6-7,12H2,1-5H3,(H,23,25,27)(H,24,26,28)/t16-/m0/s1. The summed E-state index contributed by atoms with van der Waals surface area (Å²) in [7, 11) is -3.83. The molecule has 0 unspecified atom stereocenters. The number of furan rings is 1. The molecule has 3 N–H and O–H groups in total. The average molecular weight is 520 g/mol. The maximum Gasteiger partial charge on any atom is 0.256 e. The third-order valence-corrected chi connectivity index (χ3v) is 9.08. The fraction of sp³-hybridized carbons (Fsp3) is 0.455. The van der Waals surface area contributed by atoms with Gasteiger partial charge in [-0.25, -0.2) is 28.4 Å². The number of rotatable bonds is 9. The molecule has 13 heteroatoms. The van der Waals surface area contributed by atoms with Crippen LogP contribution in [0.15, 0.2) is 42.4 Å². The van der Waals surface area contributed by atoms with Crippen LogP contribution in [0.25, 0.3) is 0 Å². The number of hydrogen-bond donors (Lipinski definition) is 3. The summed E-state index contributed by atoms with van der Waals surface area (Å²) in [5.41, 5.74) is 0.726. The minimum absolute atomic E-state index is 0.129. The molecule has 3 aromatic rings. The van der Waals surface area contributed by atoms with E-state index >= 15 is 0 Å². The summed E-state index contributed by atoms with van der Waals surface area (Å²) < 4.78 is 32.7. The van der Waals surface area contributed by atoms with Crippen LogP contribution in [0.2, 0.25) is 0 Å². The van der Waals surface area contributed by atoms with E-state index < -0.39 is 10.0 Å². The topological polar surface area (TPSA) is 145 Å². The second-order valence-electron chi connectivity index (χ2n) is 8.98. The van der Waals surface area contributed by atoms with Gasteiger partial charge in [-0.3, -0.25) is 0 Å². The zero-order chi connectivity index (χ0) is 25.4. The fourth-order valence-corrected chi connectivity index (χ4v) is 6.54. The zero-order valence-electron chi connectivity index (χ0n) is 20.2. The van der Waals surface area contributed by atoms with Gasteiger partial charge in [-0.1, -0.05) is 34.6 Å². The van der Waals surface area contributed by atoms with Gasteiger partial charge in [0.05, 0.1) is 18.0 Å². The normalized spacial score (nSPS) is 14.3. The Balaban J connectivity index is 1.75. The van der Waals surface area contributed by atoms with E-state index in [-0.39, 0.29) is 39.6 Å². The predicted octanol–water partition coefficient (Wildman–Crippen LogP) is 3.02. The van der Waals surface area contributed by atoms with Crippen molar-refractivity contribution < 1.29 is 17.9 Å². The third kappa shape index (κ3) is 4.88. The molecule has 0 fully saturated rings. The highest BCUT2D eigenvalue weighted by Gasteiger charge is 2.32. The summed E-state index contributed by atoms with van der Waals surface area (Å²) >= 11 is 0.941. The fourth-order valence-electron chi connectivity index (χ4n) is 3.71. The van der Waals surface area contributed by atoms with Crippen molar-refractivity contribution in [2.45, 2.75) is 44.9 Å². The maximum absolute atomic E-state index is 13.0. The van der Waals surface area contributed by atoms with Crippen molar-refractivity contribution in [3.63, 3.8) is 0 Å². The van der Waals surface area contributed by atoms with Crippen LogP contribution in [0.1, 0.15) is 46.4 Å². The van der Waals surface area contributed by atoms with E-state index in [9.17, 15) is 13.5 Å². The molecular weight excluding hydrogens is 490 g/mol. The van der Waals surface area contributed by atoms with Crippen molar-refractivity contribution in [1.29, 1.82) is 0 Å². The number of hydrogen-bond acceptors (Lipinski definition) is 11. The number of fused-ring (bicyclic) bond motifs is 1. The first-order valence-corrected chi connectivity index (χ1v) is 13.5. The number of nitrogens with zero attached hydrogens (tertiary/aromatic N) is 5. The molecule has 11 nitrogen and oxygen atoms in total. The van der Waals surface area contributed by atoms with Crippen molar-refractivity contribution in [2.24, 2.45) is 15.4 Å². The lowest BCUT2D eigenvalue weighted by Gasteiger charge is -2.30. The molecule has 0 saturated carbocycles. The molecule has 188 valence electrons. The van der Waals surface area contributed by atoms with Gasteiger partial charge >= 0.3 is 0 Å². The van der Waals surface area contributed by atoms with Gasteiger partial charge in [0, 0.05) is 18.5 Å². The van der Waals surface area contributed by atoms with Gasteiger partial charge in [-0.2, -0.15) is 4.31 Å². The number of thiophene rings is 1. The number of anilines is 3. The lowest BCUT2D eigenvalue weighted by Crippen LogP contribution is -2.33. The molecule has 1 atom stereocenters. The first-order valence-electron chi connectivity index (χ1n) is 11.2. The molecule has 0 aromatic carbocycles. The maximum atomic E-state index is 13.0. The van der Waals surface area contributed by atoms with Gasteiger partial charge < -0.3 is 20.2 Å². The molecule has 0 radical (unpaired) electrons. The Bertz CT molecular complexity index is 1420. The van der Waals surface area contributed by atoms with Crippen LogP contribution < -0.4 is 21.6 Å². The SMILES string of the molecule is CCN(CC)S(=O)(=O)c1scc(Nc2nc3c(nc2N[C@@H](c2ccco2)C(C)(C)C)=NCN=3)c1O. The highest BCUT2D eigenvalue weighted by Crippen LogP contribution is 2.42. The van der Waals surface area contributed by atoms with Crippen molar-refractivity contribution in [3.05, 3.63) is 40.5 Å². The van der Waals surface area contributed by atoms with E-state index in [1.165, 1.54) is 4.31 Å². The molecule has 0 saturated heterocycles. The summed E-state index contributed by atoms with van der Waals surface area (Å²) in [5.74, 6) is 1.01. The Morgan fingerprint density at radius 2 is 1.83 bits per heavy atom. The first-order chi connectivity index (χ1) is 16.6. The Labute approximate surface area is 207 Å². The van der Waals surface area contributed by atoms with Crippen molar-refractivity contribution in [3.8, 4) is 5.75 Å². The van der Waals surface area contributed by atoms with Crippen LogP contribution in [-0.4, -0.2) is 47.6 Å². The molecule has 1 aliphatic heterocycles. The Morgan fingerprint density at radius 1 is 1.17 bits per heavy atom. The minimum atomic E-state index is -3.83. The van der Waals surface area contributed by atoms with E-state index in [0.717, 1.165) is 17.1 Å². The van der Waals surface area contributed by atoms with Gasteiger partial charge in [0.25, 0.3) is 10.0 Å².